The maximum atomic E-state index is 5.93. The van der Waals surface area contributed by atoms with Crippen LogP contribution < -0.4 is 16.4 Å². The fourth-order valence-electron chi connectivity index (χ4n) is 1.41. The van der Waals surface area contributed by atoms with Crippen molar-refractivity contribution in [3.63, 3.8) is 0 Å². The number of nitrogen functional groups attached to an aromatic ring is 1. The van der Waals surface area contributed by atoms with Gasteiger partial charge in [0.2, 0.25) is 0 Å². The molecule has 19 heavy (non-hydrogen) atoms. The Hall–Kier alpha value is -1.43. The topological polar surface area (TPSA) is 63.2 Å². The minimum Gasteiger partial charge on any atom is -0.467 e. The smallest absolute Gasteiger partial charge is 0.171 e. The molecule has 0 aliphatic heterocycles. The van der Waals surface area contributed by atoms with Gasteiger partial charge in [0.1, 0.15) is 5.76 Å². The summed E-state index contributed by atoms with van der Waals surface area (Å²) in [7, 11) is 0. The van der Waals surface area contributed by atoms with Crippen molar-refractivity contribution in [1.29, 1.82) is 0 Å². The van der Waals surface area contributed by atoms with Crippen molar-refractivity contribution >= 4 is 51.9 Å². The van der Waals surface area contributed by atoms with Crippen molar-refractivity contribution < 1.29 is 4.42 Å². The highest BCUT2D eigenvalue weighted by Crippen LogP contribution is 2.30. The first-order valence-electron chi connectivity index (χ1n) is 5.38. The molecule has 0 unspecified atom stereocenters. The summed E-state index contributed by atoms with van der Waals surface area (Å²) in [5.41, 5.74) is 6.67. The lowest BCUT2D eigenvalue weighted by Crippen LogP contribution is -2.27. The Morgan fingerprint density at radius 1 is 1.32 bits per heavy atom. The van der Waals surface area contributed by atoms with Gasteiger partial charge >= 0.3 is 0 Å². The van der Waals surface area contributed by atoms with Crippen LogP contribution in [0.5, 0.6) is 0 Å². The van der Waals surface area contributed by atoms with Crippen LogP contribution in [0.25, 0.3) is 0 Å². The summed E-state index contributed by atoms with van der Waals surface area (Å²) in [4.78, 5) is 0. The van der Waals surface area contributed by atoms with Gasteiger partial charge in [-0.05, 0) is 36.5 Å². The van der Waals surface area contributed by atoms with Gasteiger partial charge in [-0.1, -0.05) is 23.2 Å². The van der Waals surface area contributed by atoms with E-state index >= 15 is 0 Å². The van der Waals surface area contributed by atoms with Crippen molar-refractivity contribution in [3.05, 3.63) is 46.3 Å². The van der Waals surface area contributed by atoms with Crippen LogP contribution >= 0.6 is 35.4 Å². The predicted molar refractivity (Wildman–Crippen MR) is 82.6 cm³/mol. The summed E-state index contributed by atoms with van der Waals surface area (Å²) in [5, 5.41) is 7.16. The number of benzene rings is 1. The lowest BCUT2D eigenvalue weighted by molar-refractivity contribution is 0.503. The number of anilines is 2. The number of hydrogen-bond acceptors (Lipinski definition) is 3. The third-order valence-corrected chi connectivity index (χ3v) is 3.21. The maximum Gasteiger partial charge on any atom is 0.171 e. The first-order valence-corrected chi connectivity index (χ1v) is 6.54. The van der Waals surface area contributed by atoms with E-state index in [9.17, 15) is 0 Å². The van der Waals surface area contributed by atoms with Gasteiger partial charge in [0.15, 0.2) is 5.11 Å². The normalized spacial score (nSPS) is 10.2. The van der Waals surface area contributed by atoms with Crippen LogP contribution in [0, 0.1) is 0 Å². The summed E-state index contributed by atoms with van der Waals surface area (Å²) in [6, 6.07) is 6.98. The van der Waals surface area contributed by atoms with E-state index in [1.165, 1.54) is 0 Å². The van der Waals surface area contributed by atoms with Gasteiger partial charge in [0.05, 0.1) is 28.5 Å². The molecule has 2 aromatic rings. The molecule has 0 aliphatic rings. The molecule has 0 atom stereocenters. The average Bonchev–Trinajstić information content (AvgIpc) is 2.86. The molecular weight excluding hydrogens is 305 g/mol. The second-order valence-corrected chi connectivity index (χ2v) is 4.96. The van der Waals surface area contributed by atoms with E-state index in [2.05, 4.69) is 10.6 Å². The first kappa shape index (κ1) is 14.0. The van der Waals surface area contributed by atoms with Gasteiger partial charge in [-0.2, -0.15) is 0 Å². The first-order chi connectivity index (χ1) is 9.06. The van der Waals surface area contributed by atoms with Crippen LogP contribution in [0.1, 0.15) is 5.76 Å². The molecule has 0 amide bonds. The van der Waals surface area contributed by atoms with Gasteiger partial charge < -0.3 is 20.8 Å². The predicted octanol–water partition coefficient (Wildman–Crippen LogP) is 3.66. The van der Waals surface area contributed by atoms with Gasteiger partial charge in [-0.15, -0.1) is 0 Å². The largest absolute Gasteiger partial charge is 0.467 e. The quantitative estimate of drug-likeness (QED) is 0.596. The lowest BCUT2D eigenvalue weighted by atomic mass is 10.3. The highest BCUT2D eigenvalue weighted by atomic mass is 35.5. The molecule has 0 radical (unpaired) electrons. The van der Waals surface area contributed by atoms with Crippen molar-refractivity contribution in [2.45, 2.75) is 6.54 Å². The third kappa shape index (κ3) is 3.76. The molecule has 1 aromatic heterocycles. The molecule has 1 heterocycles. The van der Waals surface area contributed by atoms with E-state index in [-0.39, 0.29) is 0 Å². The second-order valence-electron chi connectivity index (χ2n) is 3.74. The molecular formula is C12H11Cl2N3OS. The highest BCUT2D eigenvalue weighted by Gasteiger charge is 2.06. The van der Waals surface area contributed by atoms with Crippen LogP contribution in [0.2, 0.25) is 10.0 Å². The van der Waals surface area contributed by atoms with Gasteiger partial charge in [-0.25, -0.2) is 0 Å². The number of nitrogens with two attached hydrogens (primary N) is 1. The molecule has 0 bridgehead atoms. The number of nitrogens with one attached hydrogen (secondary N) is 2. The molecule has 0 fully saturated rings. The second kappa shape index (κ2) is 6.14. The van der Waals surface area contributed by atoms with E-state index in [4.69, 9.17) is 45.6 Å². The average molecular weight is 316 g/mol. The summed E-state index contributed by atoms with van der Waals surface area (Å²) < 4.78 is 5.18. The number of hydrogen-bond donors (Lipinski definition) is 3. The summed E-state index contributed by atoms with van der Waals surface area (Å²) in [6.45, 7) is 0.495. The molecule has 100 valence electrons. The van der Waals surface area contributed by atoms with E-state index in [1.807, 2.05) is 12.1 Å². The molecule has 4 N–H and O–H groups in total. The van der Waals surface area contributed by atoms with E-state index in [0.717, 1.165) is 5.76 Å². The molecule has 4 nitrogen and oxygen atoms in total. The zero-order chi connectivity index (χ0) is 13.8. The van der Waals surface area contributed by atoms with Crippen molar-refractivity contribution in [1.82, 2.24) is 5.32 Å². The number of thiocarbonyl (C=S) groups is 1. The fraction of sp³-hybridized carbons (Fsp3) is 0.0833. The monoisotopic (exact) mass is 315 g/mol. The summed E-state index contributed by atoms with van der Waals surface area (Å²) in [6.07, 6.45) is 1.60. The molecule has 7 heteroatoms. The molecule has 0 spiro atoms. The summed E-state index contributed by atoms with van der Waals surface area (Å²) >= 11 is 17.0. The maximum absolute atomic E-state index is 5.93. The van der Waals surface area contributed by atoms with Gasteiger partial charge in [-0.3, -0.25) is 0 Å². The fourth-order valence-corrected chi connectivity index (χ4v) is 2.09. The van der Waals surface area contributed by atoms with Crippen LogP contribution in [-0.4, -0.2) is 5.11 Å². The molecule has 1 aromatic carbocycles. The SMILES string of the molecule is Nc1c(Cl)cc(NC(=S)NCc2ccco2)cc1Cl. The third-order valence-electron chi connectivity index (χ3n) is 2.34. The number of furan rings is 1. The Bertz CT molecular complexity index is 564. The zero-order valence-corrected chi connectivity index (χ0v) is 12.1. The Labute approximate surface area is 125 Å². The number of halogens is 2. The van der Waals surface area contributed by atoms with Crippen molar-refractivity contribution in [3.8, 4) is 0 Å². The van der Waals surface area contributed by atoms with E-state index < -0.39 is 0 Å². The van der Waals surface area contributed by atoms with Gasteiger partial charge in [0.25, 0.3) is 0 Å². The summed E-state index contributed by atoms with van der Waals surface area (Å²) in [5.74, 6) is 0.789. The molecule has 0 aliphatic carbocycles. The standard InChI is InChI=1S/C12H11Cl2N3OS/c13-9-4-7(5-10(14)11(9)15)17-12(19)16-6-8-2-1-3-18-8/h1-5H,6,15H2,(H2,16,17,19). The minimum absolute atomic E-state index is 0.350. The van der Waals surface area contributed by atoms with Crippen molar-refractivity contribution in [2.75, 3.05) is 11.1 Å². The molecule has 2 rings (SSSR count). The van der Waals surface area contributed by atoms with E-state index in [1.54, 1.807) is 18.4 Å². The Balaban J connectivity index is 1.95. The Morgan fingerprint density at radius 2 is 2.00 bits per heavy atom. The van der Waals surface area contributed by atoms with E-state index in [0.29, 0.717) is 33.1 Å². The molecule has 0 saturated heterocycles. The number of rotatable bonds is 3. The van der Waals surface area contributed by atoms with Crippen LogP contribution in [0.3, 0.4) is 0 Å². The van der Waals surface area contributed by atoms with Gasteiger partial charge in [0, 0.05) is 5.69 Å². The van der Waals surface area contributed by atoms with Crippen LogP contribution in [0.4, 0.5) is 11.4 Å². The Morgan fingerprint density at radius 3 is 2.58 bits per heavy atom. The molecule has 0 saturated carbocycles. The zero-order valence-electron chi connectivity index (χ0n) is 9.74. The Kier molecular flexibility index (Phi) is 4.52. The van der Waals surface area contributed by atoms with Crippen LogP contribution in [-0.2, 0) is 6.54 Å². The lowest BCUT2D eigenvalue weighted by Gasteiger charge is -2.11. The van der Waals surface area contributed by atoms with Crippen LogP contribution in [0.15, 0.2) is 34.9 Å². The highest BCUT2D eigenvalue weighted by molar-refractivity contribution is 7.80. The van der Waals surface area contributed by atoms with Crippen molar-refractivity contribution in [2.24, 2.45) is 0 Å². The minimum atomic E-state index is 0.350.